The van der Waals surface area contributed by atoms with E-state index in [9.17, 15) is 4.79 Å². The van der Waals surface area contributed by atoms with Crippen molar-refractivity contribution in [1.82, 2.24) is 14.6 Å². The molecule has 5 aromatic rings. The highest BCUT2D eigenvalue weighted by Gasteiger charge is 2.23. The van der Waals surface area contributed by atoms with Gasteiger partial charge >= 0.3 is 0 Å². The van der Waals surface area contributed by atoms with E-state index < -0.39 is 0 Å². The minimum absolute atomic E-state index is 0.165. The van der Waals surface area contributed by atoms with E-state index in [0.717, 1.165) is 27.3 Å². The lowest BCUT2D eigenvalue weighted by atomic mass is 9.96. The van der Waals surface area contributed by atoms with Crippen LogP contribution < -0.4 is 14.8 Å². The van der Waals surface area contributed by atoms with E-state index >= 15 is 0 Å². The standard InChI is InChI=1S/C24H15N3O2S2/c28-23-20(31-24-25-22(26-27(23)24)19-11-6-12-30-19)14-17-13-16-9-4-5-10-18(16)29-21(17)15-7-2-1-3-8-15/h1-14,21H. The molecule has 31 heavy (non-hydrogen) atoms. The molecule has 0 amide bonds. The fourth-order valence-electron chi connectivity index (χ4n) is 3.66. The molecule has 4 heterocycles. The largest absolute Gasteiger partial charge is 0.480 e. The van der Waals surface area contributed by atoms with E-state index in [4.69, 9.17) is 4.74 Å². The number of rotatable bonds is 3. The molecule has 1 unspecified atom stereocenters. The van der Waals surface area contributed by atoms with Crippen LogP contribution in [-0.2, 0) is 0 Å². The number of para-hydroxylation sites is 1. The summed E-state index contributed by atoms with van der Waals surface area (Å²) in [5, 5.41) is 6.40. The smallest absolute Gasteiger partial charge is 0.291 e. The highest BCUT2D eigenvalue weighted by atomic mass is 32.1. The Labute approximate surface area is 185 Å². The molecule has 0 spiro atoms. The van der Waals surface area contributed by atoms with E-state index in [-0.39, 0.29) is 11.7 Å². The van der Waals surface area contributed by atoms with Gasteiger partial charge in [-0.05, 0) is 40.8 Å². The number of hydrogen-bond donors (Lipinski definition) is 0. The third-order valence-electron chi connectivity index (χ3n) is 5.11. The Hall–Kier alpha value is -3.55. The summed E-state index contributed by atoms with van der Waals surface area (Å²) in [6.45, 7) is 0. The summed E-state index contributed by atoms with van der Waals surface area (Å²) in [5.41, 5.74) is 2.78. The molecule has 7 heteroatoms. The lowest BCUT2D eigenvalue weighted by Gasteiger charge is -2.26. The number of thiophene rings is 1. The number of thiazole rings is 1. The van der Waals surface area contributed by atoms with Gasteiger partial charge in [0, 0.05) is 5.56 Å². The molecule has 0 aliphatic carbocycles. The third kappa shape index (κ3) is 3.19. The van der Waals surface area contributed by atoms with Crippen LogP contribution in [0.1, 0.15) is 17.2 Å². The molecule has 0 saturated carbocycles. The number of fused-ring (bicyclic) bond motifs is 2. The van der Waals surface area contributed by atoms with E-state index in [1.54, 1.807) is 11.3 Å². The zero-order valence-corrected chi connectivity index (χ0v) is 17.8. The van der Waals surface area contributed by atoms with Gasteiger partial charge in [0.25, 0.3) is 5.56 Å². The van der Waals surface area contributed by atoms with Crippen LogP contribution in [-0.4, -0.2) is 14.6 Å². The van der Waals surface area contributed by atoms with E-state index in [2.05, 4.69) is 16.2 Å². The minimum Gasteiger partial charge on any atom is -0.480 e. The van der Waals surface area contributed by atoms with Crippen LogP contribution in [0.5, 0.6) is 5.75 Å². The molecule has 3 aromatic heterocycles. The summed E-state index contributed by atoms with van der Waals surface area (Å²) in [7, 11) is 0. The molecule has 5 nitrogen and oxygen atoms in total. The maximum Gasteiger partial charge on any atom is 0.291 e. The van der Waals surface area contributed by atoms with Crippen LogP contribution in [0.2, 0.25) is 0 Å². The monoisotopic (exact) mass is 441 g/mol. The van der Waals surface area contributed by atoms with Crippen molar-refractivity contribution in [3.63, 3.8) is 0 Å². The highest BCUT2D eigenvalue weighted by Crippen LogP contribution is 2.37. The summed E-state index contributed by atoms with van der Waals surface area (Å²) in [4.78, 5) is 19.1. The molecule has 6 rings (SSSR count). The molecule has 1 aliphatic rings. The maximum atomic E-state index is 13.0. The second-order valence-corrected chi connectivity index (χ2v) is 9.07. The summed E-state index contributed by atoms with van der Waals surface area (Å²) >= 11 is 2.90. The Morgan fingerprint density at radius 2 is 1.84 bits per heavy atom. The van der Waals surface area contributed by atoms with Crippen LogP contribution in [0.3, 0.4) is 0 Å². The van der Waals surface area contributed by atoms with Crippen molar-refractivity contribution in [2.24, 2.45) is 0 Å². The minimum atomic E-state index is -0.292. The summed E-state index contributed by atoms with van der Waals surface area (Å²) < 4.78 is 8.31. The molecule has 0 radical (unpaired) electrons. The zero-order chi connectivity index (χ0) is 20.8. The summed E-state index contributed by atoms with van der Waals surface area (Å²) in [5.74, 6) is 1.42. The lowest BCUT2D eigenvalue weighted by Crippen LogP contribution is -2.25. The fraction of sp³-hybridized carbons (Fsp3) is 0.0417. The average Bonchev–Trinajstić information content (AvgIpc) is 3.53. The lowest BCUT2D eigenvalue weighted by molar-refractivity contribution is 0.244. The van der Waals surface area contributed by atoms with Crippen molar-refractivity contribution in [3.05, 3.63) is 104 Å². The molecule has 0 fully saturated rings. The van der Waals surface area contributed by atoms with Gasteiger partial charge in [-0.1, -0.05) is 65.9 Å². The molecule has 1 aliphatic heterocycles. The van der Waals surface area contributed by atoms with Gasteiger partial charge in [0.05, 0.1) is 9.41 Å². The second kappa shape index (κ2) is 7.30. The van der Waals surface area contributed by atoms with Crippen LogP contribution in [0.4, 0.5) is 0 Å². The Kier molecular flexibility index (Phi) is 4.29. The van der Waals surface area contributed by atoms with Crippen molar-refractivity contribution >= 4 is 39.8 Å². The maximum absolute atomic E-state index is 13.0. The van der Waals surface area contributed by atoms with Crippen molar-refractivity contribution in [2.45, 2.75) is 6.10 Å². The Morgan fingerprint density at radius 3 is 2.65 bits per heavy atom. The Morgan fingerprint density at radius 1 is 1.00 bits per heavy atom. The first kappa shape index (κ1) is 18.2. The van der Waals surface area contributed by atoms with Gasteiger partial charge < -0.3 is 4.74 Å². The number of nitrogens with zero attached hydrogens (tertiary/aromatic N) is 3. The molecule has 0 bridgehead atoms. The highest BCUT2D eigenvalue weighted by molar-refractivity contribution is 7.15. The quantitative estimate of drug-likeness (QED) is 0.411. The number of aromatic nitrogens is 3. The molecule has 0 saturated heterocycles. The number of ether oxygens (including phenoxy) is 1. The summed E-state index contributed by atoms with van der Waals surface area (Å²) in [6, 6.07) is 21.9. The van der Waals surface area contributed by atoms with Gasteiger partial charge in [-0.15, -0.1) is 16.4 Å². The predicted molar refractivity (Wildman–Crippen MR) is 124 cm³/mol. The number of hydrogen-bond acceptors (Lipinski definition) is 6. The summed E-state index contributed by atoms with van der Waals surface area (Å²) in [6.07, 6.45) is 3.70. The van der Waals surface area contributed by atoms with Gasteiger partial charge in [0.2, 0.25) is 4.96 Å². The third-order valence-corrected chi connectivity index (χ3v) is 6.94. The molecule has 2 aromatic carbocycles. The van der Waals surface area contributed by atoms with Gasteiger partial charge in [-0.25, -0.2) is 0 Å². The molecule has 150 valence electrons. The fourth-order valence-corrected chi connectivity index (χ4v) is 5.22. The Bertz CT molecular complexity index is 1530. The molecular formula is C24H15N3O2S2. The van der Waals surface area contributed by atoms with Crippen LogP contribution in [0.15, 0.2) is 82.5 Å². The Balaban J connectivity index is 1.49. The molecular weight excluding hydrogens is 426 g/mol. The van der Waals surface area contributed by atoms with Crippen LogP contribution in [0.25, 0.3) is 27.8 Å². The SMILES string of the molecule is O=c1c(=CC2=Cc3ccccc3OC2c2ccccc2)sc2nc(-c3cccs3)nn12. The average molecular weight is 442 g/mol. The van der Waals surface area contributed by atoms with Crippen molar-refractivity contribution in [1.29, 1.82) is 0 Å². The van der Waals surface area contributed by atoms with Gasteiger partial charge in [-0.3, -0.25) is 4.79 Å². The topological polar surface area (TPSA) is 56.5 Å². The van der Waals surface area contributed by atoms with E-state index in [1.807, 2.05) is 78.2 Å². The number of benzene rings is 2. The molecule has 1 atom stereocenters. The van der Waals surface area contributed by atoms with Gasteiger partial charge in [0.1, 0.15) is 11.9 Å². The van der Waals surface area contributed by atoms with E-state index in [0.29, 0.717) is 15.3 Å². The first-order valence-corrected chi connectivity index (χ1v) is 11.4. The van der Waals surface area contributed by atoms with Gasteiger partial charge in [-0.2, -0.15) is 9.50 Å². The van der Waals surface area contributed by atoms with E-state index in [1.165, 1.54) is 15.9 Å². The van der Waals surface area contributed by atoms with Gasteiger partial charge in [0.15, 0.2) is 5.82 Å². The normalized spacial score (nSPS) is 16.2. The zero-order valence-electron chi connectivity index (χ0n) is 16.1. The second-order valence-electron chi connectivity index (χ2n) is 7.11. The first-order valence-electron chi connectivity index (χ1n) is 9.74. The van der Waals surface area contributed by atoms with Crippen LogP contribution >= 0.6 is 22.7 Å². The van der Waals surface area contributed by atoms with Crippen LogP contribution in [0, 0.1) is 0 Å². The predicted octanol–water partition coefficient (Wildman–Crippen LogP) is 4.60. The first-order chi connectivity index (χ1) is 15.3. The van der Waals surface area contributed by atoms with Crippen molar-refractivity contribution < 1.29 is 4.74 Å². The van der Waals surface area contributed by atoms with Crippen molar-refractivity contribution in [2.75, 3.05) is 0 Å². The molecule has 0 N–H and O–H groups in total. The van der Waals surface area contributed by atoms with Crippen molar-refractivity contribution in [3.8, 4) is 16.5 Å².